The number of hydrogen-bond donors (Lipinski definition) is 2. The van der Waals surface area contributed by atoms with E-state index in [1.165, 1.54) is 24.3 Å². The second-order valence-corrected chi connectivity index (χ2v) is 13.5. The molecule has 4 aromatic rings. The molecule has 44 heavy (non-hydrogen) atoms. The van der Waals surface area contributed by atoms with Crippen molar-refractivity contribution in [3.63, 3.8) is 0 Å². The monoisotopic (exact) mass is 703 g/mol. The first kappa shape index (κ1) is 33.9. The summed E-state index contributed by atoms with van der Waals surface area (Å²) in [6, 6.07) is 18.6. The first-order valence-electron chi connectivity index (χ1n) is 12.7. The Morgan fingerprint density at radius 3 is 2.20 bits per heavy atom. The third-order valence-corrected chi connectivity index (χ3v) is 8.16. The molecule has 0 aliphatic rings. The number of nitrogens with one attached hydrogen (secondary N) is 2. The summed E-state index contributed by atoms with van der Waals surface area (Å²) in [7, 11) is -3.47. The fourth-order valence-electron chi connectivity index (χ4n) is 3.99. The fourth-order valence-corrected chi connectivity index (χ4v) is 5.62. The van der Waals surface area contributed by atoms with Gasteiger partial charge in [0, 0.05) is 60.9 Å². The number of rotatable bonds is 11. The van der Waals surface area contributed by atoms with Crippen LogP contribution in [0.2, 0.25) is 15.1 Å². The lowest BCUT2D eigenvalue weighted by Gasteiger charge is -2.18. The average Bonchev–Trinajstić information content (AvgIpc) is 2.94. The second kappa shape index (κ2) is 14.4. The summed E-state index contributed by atoms with van der Waals surface area (Å²) < 4.78 is 69.3. The van der Waals surface area contributed by atoms with Crippen LogP contribution in [0.3, 0.4) is 0 Å². The highest BCUT2D eigenvalue weighted by Gasteiger charge is 2.29. The largest absolute Gasteiger partial charge is 0.476 e. The minimum absolute atomic E-state index is 0.0460. The second-order valence-electron chi connectivity index (χ2n) is 9.25. The number of aromatic nitrogens is 1. The van der Waals surface area contributed by atoms with E-state index in [0.29, 0.717) is 43.0 Å². The van der Waals surface area contributed by atoms with Crippen molar-refractivity contribution in [2.45, 2.75) is 16.9 Å². The molecule has 0 aliphatic carbocycles. The van der Waals surface area contributed by atoms with Crippen LogP contribution >= 0.6 is 46.6 Å². The average molecular weight is 705 g/mol. The van der Waals surface area contributed by atoms with Gasteiger partial charge < -0.3 is 10.1 Å². The number of alkyl halides is 3. The number of benzene rings is 3. The number of thioether (sulfide) groups is 1. The fraction of sp³-hybridized carbons (Fsp3) is 0.172. The molecule has 1 heterocycles. The maximum absolute atomic E-state index is 12.9. The Kier molecular flexibility index (Phi) is 11.1. The van der Waals surface area contributed by atoms with Crippen molar-refractivity contribution >= 4 is 62.5 Å². The molecule has 2 N–H and O–H groups in total. The predicted octanol–water partition coefficient (Wildman–Crippen LogP) is 7.85. The zero-order valence-electron chi connectivity index (χ0n) is 22.7. The van der Waals surface area contributed by atoms with Crippen molar-refractivity contribution in [1.82, 2.24) is 15.0 Å². The number of ether oxygens (including phenoxy) is 1. The molecule has 0 spiro atoms. The molecule has 0 bridgehead atoms. The molecule has 0 aliphatic heterocycles. The van der Waals surface area contributed by atoms with Crippen LogP contribution in [0.15, 0.2) is 77.7 Å². The summed E-state index contributed by atoms with van der Waals surface area (Å²) in [5.41, 5.74) is -1.60. The molecule has 0 radical (unpaired) electrons. The van der Waals surface area contributed by atoms with Gasteiger partial charge in [-0.25, -0.2) is 18.1 Å². The van der Waals surface area contributed by atoms with E-state index in [2.05, 4.69) is 10.0 Å². The van der Waals surface area contributed by atoms with Crippen molar-refractivity contribution in [3.8, 4) is 28.3 Å². The normalized spacial score (nSPS) is 11.8. The molecule has 4 rings (SSSR count). The van der Waals surface area contributed by atoms with Crippen LogP contribution in [0.5, 0.6) is 5.88 Å². The maximum atomic E-state index is 12.9. The van der Waals surface area contributed by atoms with E-state index in [9.17, 15) is 26.4 Å². The third kappa shape index (κ3) is 9.75. The van der Waals surface area contributed by atoms with E-state index in [-0.39, 0.29) is 47.8 Å². The van der Waals surface area contributed by atoms with Gasteiger partial charge in [-0.15, -0.1) is 0 Å². The van der Waals surface area contributed by atoms with Crippen molar-refractivity contribution in [2.75, 3.05) is 19.4 Å². The lowest BCUT2D eigenvalue weighted by molar-refractivity contribution is -0.0328. The van der Waals surface area contributed by atoms with Gasteiger partial charge in [-0.05, 0) is 66.4 Å². The summed E-state index contributed by atoms with van der Waals surface area (Å²) in [4.78, 5) is 17.6. The molecule has 0 saturated heterocycles. The first-order valence-corrected chi connectivity index (χ1v) is 16.5. The van der Waals surface area contributed by atoms with Gasteiger partial charge in [0.15, 0.2) is 0 Å². The van der Waals surface area contributed by atoms with Crippen LogP contribution in [0.25, 0.3) is 22.4 Å². The number of nitrogens with zero attached hydrogens (tertiary/aromatic N) is 1. The van der Waals surface area contributed by atoms with Gasteiger partial charge in [-0.2, -0.15) is 13.2 Å². The van der Waals surface area contributed by atoms with Crippen LogP contribution in [-0.4, -0.2) is 44.2 Å². The van der Waals surface area contributed by atoms with Gasteiger partial charge in [0.25, 0.3) is 5.91 Å². The molecule has 0 saturated carbocycles. The maximum Gasteiger partial charge on any atom is 0.446 e. The summed E-state index contributed by atoms with van der Waals surface area (Å²) in [5, 5.41) is 4.00. The summed E-state index contributed by atoms with van der Waals surface area (Å²) in [5.74, 6) is -0.442. The van der Waals surface area contributed by atoms with Crippen molar-refractivity contribution in [1.29, 1.82) is 0 Å². The Balaban J connectivity index is 1.71. The standard InChI is InChI=1S/C29H23Cl3F3N3O4S2/c1-44(40,41)37-12-13-42-28-19(16-36-27(39)18-4-9-22(10-5-18)43-29(33,34)35)14-24(23-11-8-21(31)15-25(23)32)26(38-28)17-2-6-20(30)7-3-17/h2-11,14-15,37H,12-13,16H2,1H3,(H,36,39). The van der Waals surface area contributed by atoms with Gasteiger partial charge in [0.05, 0.1) is 11.9 Å². The molecule has 0 fully saturated rings. The Morgan fingerprint density at radius 2 is 1.59 bits per heavy atom. The molecule has 232 valence electrons. The number of pyridine rings is 1. The van der Waals surface area contributed by atoms with Crippen LogP contribution in [0.4, 0.5) is 13.2 Å². The van der Waals surface area contributed by atoms with Gasteiger partial charge in [0.1, 0.15) is 6.61 Å². The summed E-state index contributed by atoms with van der Waals surface area (Å²) in [6.45, 7) is -0.227. The molecule has 1 aromatic heterocycles. The number of hydrogen-bond acceptors (Lipinski definition) is 6. The number of sulfonamides is 1. The number of carbonyl (C=O) groups excluding carboxylic acids is 1. The molecule has 0 atom stereocenters. The molecule has 15 heteroatoms. The van der Waals surface area contributed by atoms with Crippen LogP contribution in [0, 0.1) is 0 Å². The molecule has 3 aromatic carbocycles. The number of halogens is 6. The van der Waals surface area contributed by atoms with E-state index in [4.69, 9.17) is 44.5 Å². The Morgan fingerprint density at radius 1 is 0.932 bits per heavy atom. The van der Waals surface area contributed by atoms with E-state index >= 15 is 0 Å². The highest BCUT2D eigenvalue weighted by molar-refractivity contribution is 8.00. The SMILES string of the molecule is CS(=O)(=O)NCCOc1nc(-c2ccc(Cl)cc2)c(-c2ccc(Cl)cc2Cl)cc1CNC(=O)c1ccc(SC(F)(F)F)cc1. The van der Waals surface area contributed by atoms with Crippen molar-refractivity contribution in [3.05, 3.63) is 99.0 Å². The Bertz CT molecular complexity index is 1760. The quantitative estimate of drug-likeness (QED) is 0.122. The van der Waals surface area contributed by atoms with E-state index < -0.39 is 21.4 Å². The zero-order chi connectivity index (χ0) is 32.1. The Hall–Kier alpha value is -3.00. The van der Waals surface area contributed by atoms with Crippen LogP contribution < -0.4 is 14.8 Å². The smallest absolute Gasteiger partial charge is 0.446 e. The number of carbonyl (C=O) groups is 1. The van der Waals surface area contributed by atoms with E-state index in [1.54, 1.807) is 48.5 Å². The van der Waals surface area contributed by atoms with Crippen molar-refractivity contribution < 1.29 is 31.1 Å². The lowest BCUT2D eigenvalue weighted by Crippen LogP contribution is -2.27. The molecular weight excluding hydrogens is 682 g/mol. The minimum Gasteiger partial charge on any atom is -0.476 e. The summed E-state index contributed by atoms with van der Waals surface area (Å²) >= 11 is 18.5. The predicted molar refractivity (Wildman–Crippen MR) is 168 cm³/mol. The highest BCUT2D eigenvalue weighted by atomic mass is 35.5. The van der Waals surface area contributed by atoms with Crippen molar-refractivity contribution in [2.24, 2.45) is 0 Å². The lowest BCUT2D eigenvalue weighted by atomic mass is 9.97. The molecule has 0 unspecified atom stereocenters. The zero-order valence-corrected chi connectivity index (χ0v) is 26.6. The molecular formula is C29H23Cl3F3N3O4S2. The van der Waals surface area contributed by atoms with Gasteiger partial charge in [-0.1, -0.05) is 53.0 Å². The molecule has 1 amide bonds. The van der Waals surface area contributed by atoms with Crippen LogP contribution in [0.1, 0.15) is 15.9 Å². The third-order valence-electron chi connectivity index (χ3n) is 5.90. The van der Waals surface area contributed by atoms with E-state index in [0.717, 1.165) is 6.26 Å². The van der Waals surface area contributed by atoms with Gasteiger partial charge >= 0.3 is 5.51 Å². The van der Waals surface area contributed by atoms with Gasteiger partial charge in [0.2, 0.25) is 15.9 Å². The number of amides is 1. The van der Waals surface area contributed by atoms with Gasteiger partial charge in [-0.3, -0.25) is 4.79 Å². The van der Waals surface area contributed by atoms with E-state index in [1.807, 2.05) is 0 Å². The summed E-state index contributed by atoms with van der Waals surface area (Å²) in [6.07, 6.45) is 1.02. The minimum atomic E-state index is -4.45. The highest BCUT2D eigenvalue weighted by Crippen LogP contribution is 2.39. The molecule has 7 nitrogen and oxygen atoms in total. The Labute approximate surface area is 271 Å². The van der Waals surface area contributed by atoms with Crippen LogP contribution in [-0.2, 0) is 16.6 Å². The first-order chi connectivity index (χ1) is 20.7. The topological polar surface area (TPSA) is 97.4 Å².